The van der Waals surface area contributed by atoms with Crippen LogP contribution < -0.4 is 10.5 Å². The number of hydrogen-bond acceptors (Lipinski definition) is 3. The zero-order chi connectivity index (χ0) is 14.9. The summed E-state index contributed by atoms with van der Waals surface area (Å²) >= 11 is 5.91. The first kappa shape index (κ1) is 15.8. The van der Waals surface area contributed by atoms with Gasteiger partial charge in [0.05, 0.1) is 13.2 Å². The van der Waals surface area contributed by atoms with Gasteiger partial charge in [0, 0.05) is 5.02 Å². The highest BCUT2D eigenvalue weighted by atomic mass is 35.5. The predicted octanol–water partition coefficient (Wildman–Crippen LogP) is 3.44. The maximum absolute atomic E-state index is 5.91. The summed E-state index contributed by atoms with van der Waals surface area (Å²) in [6.07, 6.45) is 0.892. The fourth-order valence-electron chi connectivity index (χ4n) is 1.95. The Hall–Kier alpha value is -1.55. The molecule has 0 aliphatic rings. The summed E-state index contributed by atoms with van der Waals surface area (Å²) in [5.74, 6) is 0.849. The second kappa shape index (κ2) is 8.67. The highest BCUT2D eigenvalue weighted by molar-refractivity contribution is 6.30. The van der Waals surface area contributed by atoms with E-state index in [2.05, 4.69) is 0 Å². The van der Waals surface area contributed by atoms with Gasteiger partial charge in [-0.15, -0.1) is 0 Å². The highest BCUT2D eigenvalue weighted by Crippen LogP contribution is 2.13. The maximum atomic E-state index is 5.91. The minimum absolute atomic E-state index is 0.525. The summed E-state index contributed by atoms with van der Waals surface area (Å²) in [6.45, 7) is 2.27. The molecule has 0 aliphatic heterocycles. The van der Waals surface area contributed by atoms with E-state index >= 15 is 0 Å². The van der Waals surface area contributed by atoms with Crippen molar-refractivity contribution in [3.05, 3.63) is 64.7 Å². The molecule has 0 radical (unpaired) electrons. The van der Waals surface area contributed by atoms with Crippen molar-refractivity contribution in [2.75, 3.05) is 19.8 Å². The maximum Gasteiger partial charge on any atom is 0.119 e. The Kier molecular flexibility index (Phi) is 6.54. The third-order valence-corrected chi connectivity index (χ3v) is 3.25. The standard InChI is InChI=1S/C17H20ClNO2/c18-16-3-1-2-15(12-16)13-20-10-11-21-17-6-4-14(5-7-17)8-9-19/h1-7,12H,8-11,13,19H2. The molecule has 2 N–H and O–H groups in total. The molecule has 0 heterocycles. The van der Waals surface area contributed by atoms with Gasteiger partial charge in [0.2, 0.25) is 0 Å². The number of benzene rings is 2. The van der Waals surface area contributed by atoms with Gasteiger partial charge in [0.15, 0.2) is 0 Å². The average molecular weight is 306 g/mol. The van der Waals surface area contributed by atoms with Crippen molar-refractivity contribution in [3.63, 3.8) is 0 Å². The molecule has 4 heteroatoms. The molecule has 0 saturated heterocycles. The van der Waals surface area contributed by atoms with E-state index in [9.17, 15) is 0 Å². The zero-order valence-electron chi connectivity index (χ0n) is 11.9. The van der Waals surface area contributed by atoms with Gasteiger partial charge in [0.25, 0.3) is 0 Å². The van der Waals surface area contributed by atoms with Gasteiger partial charge in [-0.25, -0.2) is 0 Å². The molecule has 0 saturated carbocycles. The van der Waals surface area contributed by atoms with Crippen molar-refractivity contribution >= 4 is 11.6 Å². The molecule has 0 aromatic heterocycles. The van der Waals surface area contributed by atoms with Gasteiger partial charge in [-0.3, -0.25) is 0 Å². The van der Waals surface area contributed by atoms with Crippen LogP contribution in [-0.2, 0) is 17.8 Å². The molecular weight excluding hydrogens is 286 g/mol. The van der Waals surface area contributed by atoms with Crippen LogP contribution >= 0.6 is 11.6 Å². The van der Waals surface area contributed by atoms with Crippen LogP contribution in [0.2, 0.25) is 5.02 Å². The molecule has 2 aromatic rings. The third kappa shape index (κ3) is 5.76. The minimum atomic E-state index is 0.525. The smallest absolute Gasteiger partial charge is 0.119 e. The van der Waals surface area contributed by atoms with Crippen molar-refractivity contribution in [2.24, 2.45) is 5.73 Å². The van der Waals surface area contributed by atoms with Gasteiger partial charge in [-0.1, -0.05) is 35.9 Å². The van der Waals surface area contributed by atoms with Crippen molar-refractivity contribution < 1.29 is 9.47 Å². The molecule has 0 amide bonds. The number of nitrogens with two attached hydrogens (primary N) is 1. The third-order valence-electron chi connectivity index (χ3n) is 3.01. The van der Waals surface area contributed by atoms with E-state index in [1.807, 2.05) is 48.5 Å². The SMILES string of the molecule is NCCc1ccc(OCCOCc2cccc(Cl)c2)cc1. The lowest BCUT2D eigenvalue weighted by atomic mass is 10.1. The van der Waals surface area contributed by atoms with E-state index < -0.39 is 0 Å². The van der Waals surface area contributed by atoms with Crippen LogP contribution in [0, 0.1) is 0 Å². The monoisotopic (exact) mass is 305 g/mol. The van der Waals surface area contributed by atoms with Gasteiger partial charge in [0.1, 0.15) is 12.4 Å². The normalized spacial score (nSPS) is 10.6. The van der Waals surface area contributed by atoms with E-state index in [4.69, 9.17) is 26.8 Å². The molecular formula is C17H20ClNO2. The van der Waals surface area contributed by atoms with Crippen molar-refractivity contribution in [1.82, 2.24) is 0 Å². The van der Waals surface area contributed by atoms with Crippen LogP contribution in [-0.4, -0.2) is 19.8 Å². The molecule has 0 atom stereocenters. The summed E-state index contributed by atoms with van der Waals surface area (Å²) in [5, 5.41) is 0.727. The van der Waals surface area contributed by atoms with E-state index in [0.29, 0.717) is 26.4 Å². The lowest BCUT2D eigenvalue weighted by Gasteiger charge is -2.08. The summed E-state index contributed by atoms with van der Waals surface area (Å²) < 4.78 is 11.2. The Balaban J connectivity index is 1.65. The first-order valence-corrected chi connectivity index (χ1v) is 7.40. The Morgan fingerprint density at radius 2 is 1.76 bits per heavy atom. The van der Waals surface area contributed by atoms with E-state index in [1.165, 1.54) is 5.56 Å². The van der Waals surface area contributed by atoms with Crippen molar-refractivity contribution in [2.45, 2.75) is 13.0 Å². The number of hydrogen-bond donors (Lipinski definition) is 1. The average Bonchev–Trinajstić information content (AvgIpc) is 2.49. The van der Waals surface area contributed by atoms with E-state index in [1.54, 1.807) is 0 Å². The minimum Gasteiger partial charge on any atom is -0.491 e. The van der Waals surface area contributed by atoms with Crippen LogP contribution in [0.5, 0.6) is 5.75 Å². The molecule has 2 aromatic carbocycles. The molecule has 0 aliphatic carbocycles. The lowest BCUT2D eigenvalue weighted by molar-refractivity contribution is 0.0889. The molecule has 0 spiro atoms. The van der Waals surface area contributed by atoms with E-state index in [0.717, 1.165) is 22.8 Å². The first-order valence-electron chi connectivity index (χ1n) is 7.02. The molecule has 112 valence electrons. The number of ether oxygens (including phenoxy) is 2. The number of rotatable bonds is 8. The molecule has 0 unspecified atom stereocenters. The second-order valence-electron chi connectivity index (χ2n) is 4.71. The molecule has 3 nitrogen and oxygen atoms in total. The van der Waals surface area contributed by atoms with Crippen LogP contribution in [0.15, 0.2) is 48.5 Å². The zero-order valence-corrected chi connectivity index (χ0v) is 12.7. The largest absolute Gasteiger partial charge is 0.491 e. The summed E-state index contributed by atoms with van der Waals surface area (Å²) in [4.78, 5) is 0. The van der Waals surface area contributed by atoms with Gasteiger partial charge < -0.3 is 15.2 Å². The van der Waals surface area contributed by atoms with Crippen LogP contribution in [0.3, 0.4) is 0 Å². The highest BCUT2D eigenvalue weighted by Gasteiger charge is 1.97. The Bertz CT molecular complexity index is 543. The van der Waals surface area contributed by atoms with Gasteiger partial charge >= 0.3 is 0 Å². The summed E-state index contributed by atoms with van der Waals surface area (Å²) in [7, 11) is 0. The molecule has 0 bridgehead atoms. The lowest BCUT2D eigenvalue weighted by Crippen LogP contribution is -2.07. The fourth-order valence-corrected chi connectivity index (χ4v) is 2.17. The van der Waals surface area contributed by atoms with Crippen LogP contribution in [0.4, 0.5) is 0 Å². The van der Waals surface area contributed by atoms with Crippen LogP contribution in [0.25, 0.3) is 0 Å². The fraction of sp³-hybridized carbons (Fsp3) is 0.294. The quantitative estimate of drug-likeness (QED) is 0.760. The second-order valence-corrected chi connectivity index (χ2v) is 5.15. The number of halogens is 1. The molecule has 21 heavy (non-hydrogen) atoms. The van der Waals surface area contributed by atoms with Crippen molar-refractivity contribution in [3.8, 4) is 5.75 Å². The summed E-state index contributed by atoms with van der Waals surface area (Å²) in [5.41, 5.74) is 7.80. The Morgan fingerprint density at radius 1 is 0.952 bits per heavy atom. The van der Waals surface area contributed by atoms with Gasteiger partial charge in [-0.05, 0) is 48.4 Å². The van der Waals surface area contributed by atoms with Gasteiger partial charge in [-0.2, -0.15) is 0 Å². The predicted molar refractivity (Wildman–Crippen MR) is 85.8 cm³/mol. The van der Waals surface area contributed by atoms with E-state index in [-0.39, 0.29) is 0 Å². The summed E-state index contributed by atoms with van der Waals surface area (Å²) in [6, 6.07) is 15.7. The topological polar surface area (TPSA) is 44.5 Å². The Morgan fingerprint density at radius 3 is 2.48 bits per heavy atom. The Labute approximate surface area is 130 Å². The molecule has 2 rings (SSSR count). The first-order chi connectivity index (χ1) is 10.3. The van der Waals surface area contributed by atoms with Crippen molar-refractivity contribution in [1.29, 1.82) is 0 Å². The van der Waals surface area contributed by atoms with Crippen LogP contribution in [0.1, 0.15) is 11.1 Å². The molecule has 0 fully saturated rings.